The minimum atomic E-state index is -0.744. The first-order chi connectivity index (χ1) is 9.27. The Balaban J connectivity index is 2.15. The van der Waals surface area contributed by atoms with Crippen molar-refractivity contribution in [2.24, 2.45) is 5.41 Å². The number of rotatable bonds is 2. The normalized spacial score (nSPS) is 29.4. The lowest BCUT2D eigenvalue weighted by atomic mass is 9.85. The molecule has 2 atom stereocenters. The average Bonchev–Trinajstić information content (AvgIpc) is 2.84. The lowest BCUT2D eigenvalue weighted by Gasteiger charge is -2.27. The molecular weight excluding hydrogens is 264 g/mol. The first kappa shape index (κ1) is 14.6. The average molecular weight is 284 g/mol. The molecule has 2 rings (SSSR count). The molecule has 0 radical (unpaired) electrons. The maximum atomic E-state index is 12.2. The summed E-state index contributed by atoms with van der Waals surface area (Å²) < 4.78 is 10.2. The first-order valence-corrected chi connectivity index (χ1v) is 6.64. The van der Waals surface area contributed by atoms with E-state index >= 15 is 0 Å². The monoisotopic (exact) mass is 284 g/mol. The molecule has 2 aliphatic rings. The fraction of sp³-hybridized carbons (Fsp3) is 0.769. The lowest BCUT2D eigenvalue weighted by Crippen LogP contribution is -2.42. The first-order valence-electron chi connectivity index (χ1n) is 6.64. The molecule has 0 aromatic rings. The van der Waals surface area contributed by atoms with Crippen molar-refractivity contribution >= 4 is 18.5 Å². The Morgan fingerprint density at radius 2 is 2.20 bits per heavy atom. The number of hydrogen-bond donors (Lipinski definition) is 1. The number of amides is 2. The van der Waals surface area contributed by atoms with Crippen molar-refractivity contribution in [3.8, 4) is 0 Å². The van der Waals surface area contributed by atoms with Gasteiger partial charge in [0.25, 0.3) is 6.47 Å². The second-order valence-electron chi connectivity index (χ2n) is 6.29. The van der Waals surface area contributed by atoms with Gasteiger partial charge in [-0.25, -0.2) is 4.79 Å². The minimum absolute atomic E-state index is 0.0944. The third-order valence-electron chi connectivity index (χ3n) is 3.60. The van der Waals surface area contributed by atoms with Gasteiger partial charge in [-0.1, -0.05) is 0 Å². The summed E-state index contributed by atoms with van der Waals surface area (Å²) in [6.07, 6.45) is -0.368. The van der Waals surface area contributed by atoms with Crippen LogP contribution in [-0.2, 0) is 19.1 Å². The van der Waals surface area contributed by atoms with Crippen LogP contribution in [0.1, 0.15) is 33.6 Å². The maximum Gasteiger partial charge on any atom is 0.413 e. The Morgan fingerprint density at radius 1 is 1.50 bits per heavy atom. The predicted octanol–water partition coefficient (Wildman–Crippen LogP) is 0.633. The summed E-state index contributed by atoms with van der Waals surface area (Å²) in [6, 6.07) is 0. The molecular formula is C13H20N2O5. The summed E-state index contributed by atoms with van der Waals surface area (Å²) in [4.78, 5) is 36.1. The number of carbonyl (C=O) groups is 3. The van der Waals surface area contributed by atoms with E-state index in [2.05, 4.69) is 5.32 Å². The molecule has 7 heteroatoms. The third kappa shape index (κ3) is 2.71. The summed E-state index contributed by atoms with van der Waals surface area (Å²) >= 11 is 0. The highest BCUT2D eigenvalue weighted by atomic mass is 16.6. The van der Waals surface area contributed by atoms with Crippen molar-refractivity contribution in [3.05, 3.63) is 0 Å². The molecule has 0 bridgehead atoms. The van der Waals surface area contributed by atoms with E-state index in [0.29, 0.717) is 25.9 Å². The van der Waals surface area contributed by atoms with Gasteiger partial charge in [0, 0.05) is 19.5 Å². The van der Waals surface area contributed by atoms with E-state index in [1.165, 1.54) is 4.90 Å². The summed E-state index contributed by atoms with van der Waals surface area (Å²) in [5.41, 5.74) is -1.30. The second kappa shape index (κ2) is 4.96. The zero-order chi connectivity index (χ0) is 15.0. The number of ether oxygens (including phenoxy) is 2. The second-order valence-corrected chi connectivity index (χ2v) is 6.29. The largest absolute Gasteiger partial charge is 0.444 e. The Hall–Kier alpha value is -1.79. The standard InChI is InChI=1S/C13H20N2O5/c1-12(2,3)20-11(18)15-7-13(4-5-14-10(13)17)6-9(15)19-8-16/h8-9H,4-7H2,1-3H3,(H,14,17)/t9-,13+/m1/s1. The Bertz CT molecular complexity index is 431. The number of likely N-dealkylation sites (tertiary alicyclic amines) is 1. The summed E-state index contributed by atoms with van der Waals surface area (Å²) in [5.74, 6) is -0.0944. The van der Waals surface area contributed by atoms with Gasteiger partial charge in [-0.2, -0.15) is 0 Å². The molecule has 7 nitrogen and oxygen atoms in total. The van der Waals surface area contributed by atoms with Gasteiger partial charge >= 0.3 is 6.09 Å². The van der Waals surface area contributed by atoms with Crippen LogP contribution in [-0.4, -0.2) is 48.3 Å². The van der Waals surface area contributed by atoms with Crippen LogP contribution < -0.4 is 5.32 Å². The molecule has 0 aromatic carbocycles. The molecule has 0 aliphatic carbocycles. The fourth-order valence-electron chi connectivity index (χ4n) is 2.69. The topological polar surface area (TPSA) is 84.9 Å². The minimum Gasteiger partial charge on any atom is -0.444 e. The fourth-order valence-corrected chi connectivity index (χ4v) is 2.69. The van der Waals surface area contributed by atoms with Gasteiger partial charge in [0.15, 0.2) is 6.23 Å². The lowest BCUT2D eigenvalue weighted by molar-refractivity contribution is -0.140. The van der Waals surface area contributed by atoms with Crippen LogP contribution in [0, 0.1) is 5.41 Å². The van der Waals surface area contributed by atoms with Crippen LogP contribution in [0.15, 0.2) is 0 Å². The molecule has 2 amide bonds. The zero-order valence-corrected chi connectivity index (χ0v) is 12.0. The zero-order valence-electron chi connectivity index (χ0n) is 12.0. The predicted molar refractivity (Wildman–Crippen MR) is 68.6 cm³/mol. The van der Waals surface area contributed by atoms with Gasteiger partial charge in [-0.15, -0.1) is 0 Å². The molecule has 20 heavy (non-hydrogen) atoms. The van der Waals surface area contributed by atoms with E-state index < -0.39 is 23.3 Å². The number of nitrogens with zero attached hydrogens (tertiary/aromatic N) is 1. The van der Waals surface area contributed by atoms with E-state index in [4.69, 9.17) is 9.47 Å². The maximum absolute atomic E-state index is 12.2. The van der Waals surface area contributed by atoms with Crippen molar-refractivity contribution < 1.29 is 23.9 Å². The quantitative estimate of drug-likeness (QED) is 0.752. The summed E-state index contributed by atoms with van der Waals surface area (Å²) in [5, 5.41) is 2.76. The van der Waals surface area contributed by atoms with Crippen LogP contribution in [0.2, 0.25) is 0 Å². The molecule has 2 saturated heterocycles. The molecule has 0 unspecified atom stereocenters. The molecule has 1 spiro atoms. The van der Waals surface area contributed by atoms with Crippen LogP contribution in [0.5, 0.6) is 0 Å². The highest BCUT2D eigenvalue weighted by Gasteiger charge is 2.54. The van der Waals surface area contributed by atoms with E-state index in [0.717, 1.165) is 0 Å². The Morgan fingerprint density at radius 3 is 2.70 bits per heavy atom. The Labute approximate surface area is 117 Å². The van der Waals surface area contributed by atoms with Gasteiger partial charge in [-0.05, 0) is 27.2 Å². The van der Waals surface area contributed by atoms with Gasteiger partial charge in [-0.3, -0.25) is 14.5 Å². The van der Waals surface area contributed by atoms with Crippen molar-refractivity contribution in [3.63, 3.8) is 0 Å². The molecule has 1 N–H and O–H groups in total. The molecule has 0 saturated carbocycles. The molecule has 0 aromatic heterocycles. The number of nitrogens with one attached hydrogen (secondary N) is 1. The third-order valence-corrected chi connectivity index (χ3v) is 3.60. The molecule has 112 valence electrons. The smallest absolute Gasteiger partial charge is 0.413 e. The number of carbonyl (C=O) groups excluding carboxylic acids is 3. The van der Waals surface area contributed by atoms with Crippen molar-refractivity contribution in [2.75, 3.05) is 13.1 Å². The Kier molecular flexibility index (Phi) is 3.62. The number of hydrogen-bond acceptors (Lipinski definition) is 5. The van der Waals surface area contributed by atoms with Crippen LogP contribution in [0.25, 0.3) is 0 Å². The van der Waals surface area contributed by atoms with Gasteiger partial charge < -0.3 is 14.8 Å². The van der Waals surface area contributed by atoms with Crippen molar-refractivity contribution in [2.45, 2.75) is 45.4 Å². The van der Waals surface area contributed by atoms with Crippen LogP contribution >= 0.6 is 0 Å². The van der Waals surface area contributed by atoms with Crippen LogP contribution in [0.3, 0.4) is 0 Å². The molecule has 2 heterocycles. The molecule has 2 fully saturated rings. The van der Waals surface area contributed by atoms with E-state index in [9.17, 15) is 14.4 Å². The highest BCUT2D eigenvalue weighted by Crippen LogP contribution is 2.41. The van der Waals surface area contributed by atoms with E-state index in [1.807, 2.05) is 0 Å². The van der Waals surface area contributed by atoms with Gasteiger partial charge in [0.2, 0.25) is 5.91 Å². The van der Waals surface area contributed by atoms with Crippen molar-refractivity contribution in [1.29, 1.82) is 0 Å². The summed E-state index contributed by atoms with van der Waals surface area (Å²) in [7, 11) is 0. The summed E-state index contributed by atoms with van der Waals surface area (Å²) in [6.45, 7) is 6.37. The SMILES string of the molecule is CC(C)(C)OC(=O)N1C[C@]2(CCNC2=O)C[C@H]1OC=O. The highest BCUT2D eigenvalue weighted by molar-refractivity contribution is 5.86. The van der Waals surface area contributed by atoms with E-state index in [1.54, 1.807) is 20.8 Å². The van der Waals surface area contributed by atoms with Crippen LogP contribution in [0.4, 0.5) is 4.79 Å². The van der Waals surface area contributed by atoms with Gasteiger partial charge in [0.1, 0.15) is 5.60 Å². The molecule has 2 aliphatic heterocycles. The van der Waals surface area contributed by atoms with Crippen molar-refractivity contribution in [1.82, 2.24) is 10.2 Å². The van der Waals surface area contributed by atoms with E-state index in [-0.39, 0.29) is 12.5 Å². The van der Waals surface area contributed by atoms with Gasteiger partial charge in [0.05, 0.1) is 5.41 Å².